The van der Waals surface area contributed by atoms with E-state index >= 15 is 0 Å². The number of ether oxygens (including phenoxy) is 2. The van der Waals surface area contributed by atoms with Crippen LogP contribution in [0.5, 0.6) is 5.75 Å². The van der Waals surface area contributed by atoms with Gasteiger partial charge in [0.15, 0.2) is 0 Å². The molecule has 0 atom stereocenters. The monoisotopic (exact) mass is 485 g/mol. The zero-order valence-electron chi connectivity index (χ0n) is 20.0. The molecule has 182 valence electrons. The average molecular weight is 486 g/mol. The Kier molecular flexibility index (Phi) is 8.97. The Labute approximate surface area is 205 Å². The highest BCUT2D eigenvalue weighted by molar-refractivity contribution is 7.80. The Balaban J connectivity index is 1.76. The number of benzene rings is 1. The number of aryl methyl sites for hydroxylation is 2. The van der Waals surface area contributed by atoms with Crippen molar-refractivity contribution in [2.24, 2.45) is 4.99 Å². The van der Waals surface area contributed by atoms with Crippen molar-refractivity contribution in [1.82, 2.24) is 19.8 Å². The molecule has 10 nitrogen and oxygen atoms in total. The molecule has 0 aliphatic carbocycles. The molecule has 1 aliphatic heterocycles. The van der Waals surface area contributed by atoms with E-state index in [0.29, 0.717) is 51.3 Å². The number of hydrogen-bond acceptors (Lipinski definition) is 6. The molecule has 1 saturated heterocycles. The van der Waals surface area contributed by atoms with Crippen molar-refractivity contribution >= 4 is 41.0 Å². The van der Waals surface area contributed by atoms with Crippen LogP contribution in [-0.2, 0) is 4.74 Å². The second kappa shape index (κ2) is 12.1. The first kappa shape index (κ1) is 25.2. The Bertz CT molecular complexity index is 1000. The van der Waals surface area contributed by atoms with Gasteiger partial charge in [0.05, 0.1) is 13.2 Å². The normalized spacial score (nSPS) is 13.9. The summed E-state index contributed by atoms with van der Waals surface area (Å²) in [6.07, 6.45) is -0.307. The van der Waals surface area contributed by atoms with Crippen LogP contribution in [0.3, 0.4) is 0 Å². The molecule has 2 aromatic rings. The van der Waals surface area contributed by atoms with Gasteiger partial charge in [-0.2, -0.15) is 4.99 Å². The van der Waals surface area contributed by atoms with Crippen molar-refractivity contribution in [2.75, 3.05) is 50.0 Å². The Morgan fingerprint density at radius 1 is 1.00 bits per heavy atom. The van der Waals surface area contributed by atoms with Gasteiger partial charge in [-0.15, -0.1) is 0 Å². The highest BCUT2D eigenvalue weighted by atomic mass is 32.1. The molecule has 1 aromatic carbocycles. The van der Waals surface area contributed by atoms with E-state index in [-0.39, 0.29) is 11.2 Å². The zero-order valence-corrected chi connectivity index (χ0v) is 20.8. The quantitative estimate of drug-likeness (QED) is 0.374. The van der Waals surface area contributed by atoms with E-state index in [0.717, 1.165) is 22.8 Å². The van der Waals surface area contributed by atoms with Gasteiger partial charge in [-0.3, -0.25) is 5.32 Å². The molecule has 0 bridgehead atoms. The van der Waals surface area contributed by atoms with Crippen LogP contribution >= 0.6 is 12.2 Å². The summed E-state index contributed by atoms with van der Waals surface area (Å²) in [6, 6.07) is 9.40. The van der Waals surface area contributed by atoms with Crippen LogP contribution in [0.2, 0.25) is 0 Å². The van der Waals surface area contributed by atoms with E-state index in [1.165, 1.54) is 0 Å². The van der Waals surface area contributed by atoms with E-state index in [4.69, 9.17) is 21.7 Å². The molecule has 1 aliphatic rings. The molecule has 0 unspecified atom stereocenters. The molecule has 0 saturated carbocycles. The first-order valence-corrected chi connectivity index (χ1v) is 11.7. The molecular weight excluding hydrogens is 454 g/mol. The van der Waals surface area contributed by atoms with Gasteiger partial charge in [0, 0.05) is 43.3 Å². The second-order valence-electron chi connectivity index (χ2n) is 7.60. The summed E-state index contributed by atoms with van der Waals surface area (Å²) in [5.74, 6) is 1.74. The summed E-state index contributed by atoms with van der Waals surface area (Å²) >= 11 is 5.51. The van der Waals surface area contributed by atoms with Crippen molar-refractivity contribution in [3.63, 3.8) is 0 Å². The maximum Gasteiger partial charge on any atom is 0.409 e. The highest BCUT2D eigenvalue weighted by Crippen LogP contribution is 2.16. The summed E-state index contributed by atoms with van der Waals surface area (Å²) in [5.41, 5.74) is 2.49. The lowest BCUT2D eigenvalue weighted by molar-refractivity contribution is 0.0920. The molecule has 3 rings (SSSR count). The molecule has 0 spiro atoms. The summed E-state index contributed by atoms with van der Waals surface area (Å²) in [4.78, 5) is 29.3. The number of thiocarbonyl (C=S) groups is 1. The smallest absolute Gasteiger partial charge is 0.409 e. The SMILES string of the molecule is CCOC(=O)N1CCN(/C(=N\C(=S)Nc2ccc(OCC)cc2)Nc2nc(C)cc(C)n2)CC1. The van der Waals surface area contributed by atoms with E-state index in [1.54, 1.807) is 11.8 Å². The number of hydrogen-bond donors (Lipinski definition) is 2. The lowest BCUT2D eigenvalue weighted by Crippen LogP contribution is -2.52. The van der Waals surface area contributed by atoms with E-state index < -0.39 is 0 Å². The fourth-order valence-corrected chi connectivity index (χ4v) is 3.63. The van der Waals surface area contributed by atoms with Gasteiger partial charge in [0.2, 0.25) is 17.0 Å². The Hall–Kier alpha value is -3.47. The number of anilines is 2. The summed E-state index contributed by atoms with van der Waals surface area (Å²) in [7, 11) is 0. The lowest BCUT2D eigenvalue weighted by Gasteiger charge is -2.35. The van der Waals surface area contributed by atoms with Crippen LogP contribution in [-0.4, -0.2) is 76.3 Å². The van der Waals surface area contributed by atoms with Crippen LogP contribution < -0.4 is 15.4 Å². The minimum atomic E-state index is -0.307. The van der Waals surface area contributed by atoms with Crippen molar-refractivity contribution in [3.8, 4) is 5.75 Å². The van der Waals surface area contributed by atoms with Crippen molar-refractivity contribution in [1.29, 1.82) is 0 Å². The number of aromatic nitrogens is 2. The summed E-state index contributed by atoms with van der Waals surface area (Å²) in [5, 5.41) is 6.62. The number of rotatable bonds is 5. The Morgan fingerprint density at radius 3 is 2.21 bits per heavy atom. The molecule has 34 heavy (non-hydrogen) atoms. The number of aliphatic imine (C=N–C) groups is 1. The minimum absolute atomic E-state index is 0.281. The van der Waals surface area contributed by atoms with Crippen LogP contribution in [0, 0.1) is 13.8 Å². The van der Waals surface area contributed by atoms with E-state index in [1.807, 2.05) is 56.0 Å². The first-order chi connectivity index (χ1) is 16.4. The lowest BCUT2D eigenvalue weighted by atomic mass is 10.3. The summed E-state index contributed by atoms with van der Waals surface area (Å²) in [6.45, 7) is 10.6. The van der Waals surface area contributed by atoms with Crippen molar-refractivity contribution in [3.05, 3.63) is 41.7 Å². The fourth-order valence-electron chi connectivity index (χ4n) is 3.42. The van der Waals surface area contributed by atoms with Gasteiger partial charge in [-0.05, 0) is 70.2 Å². The summed E-state index contributed by atoms with van der Waals surface area (Å²) < 4.78 is 10.6. The molecule has 1 fully saturated rings. The number of nitrogens with one attached hydrogen (secondary N) is 2. The predicted octanol–water partition coefficient (Wildman–Crippen LogP) is 3.43. The third-order valence-electron chi connectivity index (χ3n) is 4.94. The molecule has 1 amide bonds. The van der Waals surface area contributed by atoms with Gasteiger partial charge in [-0.1, -0.05) is 0 Å². The number of carbonyl (C=O) groups is 1. The second-order valence-corrected chi connectivity index (χ2v) is 7.98. The fraction of sp³-hybridized carbons (Fsp3) is 0.435. The third-order valence-corrected chi connectivity index (χ3v) is 5.13. The standard InChI is InChI=1S/C23H31N7O3S/c1-5-32-19-9-7-18(8-10-19)26-22(34)28-21(27-20-24-16(3)15-17(4)25-20)29-11-13-30(14-12-29)23(31)33-6-2/h7-10,15H,5-6,11-14H2,1-4H3,(H2,24,25,26,27,28,34). The Morgan fingerprint density at radius 2 is 1.62 bits per heavy atom. The average Bonchev–Trinajstić information content (AvgIpc) is 2.80. The van der Waals surface area contributed by atoms with Gasteiger partial charge in [0.25, 0.3) is 0 Å². The van der Waals surface area contributed by atoms with Gasteiger partial charge < -0.3 is 24.6 Å². The number of nitrogens with zero attached hydrogens (tertiary/aromatic N) is 5. The highest BCUT2D eigenvalue weighted by Gasteiger charge is 2.25. The molecular formula is C23H31N7O3S. The van der Waals surface area contributed by atoms with Gasteiger partial charge in [0.1, 0.15) is 5.75 Å². The van der Waals surface area contributed by atoms with Gasteiger partial charge in [-0.25, -0.2) is 14.8 Å². The number of carbonyl (C=O) groups excluding carboxylic acids is 1. The predicted molar refractivity (Wildman–Crippen MR) is 137 cm³/mol. The minimum Gasteiger partial charge on any atom is -0.494 e. The van der Waals surface area contributed by atoms with Crippen molar-refractivity contribution < 1.29 is 14.3 Å². The molecule has 11 heteroatoms. The molecule has 1 aromatic heterocycles. The molecule has 0 radical (unpaired) electrons. The number of piperazine rings is 1. The van der Waals surface area contributed by atoms with Crippen LogP contribution in [0.1, 0.15) is 25.2 Å². The van der Waals surface area contributed by atoms with Crippen LogP contribution in [0.4, 0.5) is 16.4 Å². The largest absolute Gasteiger partial charge is 0.494 e. The first-order valence-electron chi connectivity index (χ1n) is 11.3. The van der Waals surface area contributed by atoms with E-state index in [9.17, 15) is 4.79 Å². The maximum absolute atomic E-state index is 12.1. The van der Waals surface area contributed by atoms with Crippen LogP contribution in [0.25, 0.3) is 0 Å². The van der Waals surface area contributed by atoms with E-state index in [2.05, 4.69) is 25.6 Å². The van der Waals surface area contributed by atoms with Gasteiger partial charge >= 0.3 is 6.09 Å². The zero-order chi connectivity index (χ0) is 24.5. The maximum atomic E-state index is 12.1. The molecule has 2 N–H and O–H groups in total. The molecule has 2 heterocycles. The van der Waals surface area contributed by atoms with Crippen molar-refractivity contribution in [2.45, 2.75) is 27.7 Å². The topological polar surface area (TPSA) is 104 Å². The number of amides is 1. The van der Waals surface area contributed by atoms with Crippen LogP contribution in [0.15, 0.2) is 35.3 Å². The number of guanidine groups is 1. The third kappa shape index (κ3) is 7.27.